The number of unbranched alkanes of at least 4 members (excludes halogenated alkanes) is 2. The summed E-state index contributed by atoms with van der Waals surface area (Å²) in [7, 11) is 0. The van der Waals surface area contributed by atoms with E-state index in [0.717, 1.165) is 28.7 Å². The molecule has 0 spiro atoms. The fourth-order valence-electron chi connectivity index (χ4n) is 5.18. The van der Waals surface area contributed by atoms with Crippen LogP contribution in [0.5, 0.6) is 0 Å². The number of hydrogen-bond acceptors (Lipinski definition) is 6. The van der Waals surface area contributed by atoms with Gasteiger partial charge in [-0.15, -0.1) is 12.3 Å². The zero-order chi connectivity index (χ0) is 43.3. The second kappa shape index (κ2) is 25.2. The molecular formula is C46H54Br2F2N2O6. The van der Waals surface area contributed by atoms with Crippen molar-refractivity contribution in [1.29, 1.82) is 0 Å². The van der Waals surface area contributed by atoms with E-state index in [1.807, 2.05) is 65.8 Å². The summed E-state index contributed by atoms with van der Waals surface area (Å²) in [5.74, 6) is 12.5. The summed E-state index contributed by atoms with van der Waals surface area (Å²) in [6, 6.07) is 10.1. The average molecular weight is 929 g/mol. The molecule has 0 atom stereocenters. The van der Waals surface area contributed by atoms with Gasteiger partial charge < -0.3 is 29.5 Å². The lowest BCUT2D eigenvalue weighted by Crippen LogP contribution is -2.39. The van der Waals surface area contributed by atoms with E-state index in [1.165, 1.54) is 12.1 Å². The molecule has 12 heteroatoms. The first-order valence-electron chi connectivity index (χ1n) is 19.0. The molecule has 2 heterocycles. The lowest BCUT2D eigenvalue weighted by atomic mass is 9.98. The maximum absolute atomic E-state index is 14.3. The maximum atomic E-state index is 14.3. The van der Waals surface area contributed by atoms with Gasteiger partial charge in [-0.25, -0.2) is 18.4 Å². The van der Waals surface area contributed by atoms with Crippen molar-refractivity contribution in [3.63, 3.8) is 0 Å². The fourth-order valence-corrected chi connectivity index (χ4v) is 5.67. The van der Waals surface area contributed by atoms with Gasteiger partial charge in [0, 0.05) is 57.8 Å². The number of rotatable bonds is 7. The van der Waals surface area contributed by atoms with Gasteiger partial charge in [-0.1, -0.05) is 36.3 Å². The van der Waals surface area contributed by atoms with E-state index < -0.39 is 17.0 Å². The number of halogens is 4. The van der Waals surface area contributed by atoms with Crippen LogP contribution < -0.4 is 0 Å². The smallest absolute Gasteiger partial charge is 0.410 e. The highest BCUT2D eigenvalue weighted by Gasteiger charge is 2.25. The highest BCUT2D eigenvalue weighted by atomic mass is 79.9. The van der Waals surface area contributed by atoms with Gasteiger partial charge in [-0.2, -0.15) is 0 Å². The van der Waals surface area contributed by atoms with Crippen LogP contribution in [0.15, 0.2) is 51.9 Å². The van der Waals surface area contributed by atoms with Crippen molar-refractivity contribution in [3.05, 3.63) is 85.8 Å². The molecule has 312 valence electrons. The Morgan fingerprint density at radius 2 is 1.29 bits per heavy atom. The average Bonchev–Trinajstić information content (AvgIpc) is 3.16. The lowest BCUT2D eigenvalue weighted by molar-refractivity contribution is 0.0260. The predicted octanol–water partition coefficient (Wildman–Crippen LogP) is 10.3. The maximum Gasteiger partial charge on any atom is 0.410 e. The molecule has 0 fully saturated rings. The Hall–Kier alpha value is -4.38. The molecule has 2 aliphatic rings. The third-order valence-corrected chi connectivity index (χ3v) is 8.44. The Labute approximate surface area is 360 Å². The summed E-state index contributed by atoms with van der Waals surface area (Å²) >= 11 is 6.46. The van der Waals surface area contributed by atoms with Gasteiger partial charge >= 0.3 is 12.2 Å². The van der Waals surface area contributed by atoms with E-state index >= 15 is 0 Å². The zero-order valence-corrected chi connectivity index (χ0v) is 37.4. The molecule has 0 aromatic heterocycles. The van der Waals surface area contributed by atoms with Crippen molar-refractivity contribution < 1.29 is 38.1 Å². The number of terminal acetylenes is 1. The molecule has 4 rings (SSSR count). The quantitative estimate of drug-likeness (QED) is 0.212. The monoisotopic (exact) mass is 926 g/mol. The minimum absolute atomic E-state index is 0.101. The number of amides is 2. The van der Waals surface area contributed by atoms with E-state index in [9.17, 15) is 18.4 Å². The van der Waals surface area contributed by atoms with Crippen LogP contribution in [0.4, 0.5) is 18.4 Å². The first-order chi connectivity index (χ1) is 27.4. The van der Waals surface area contributed by atoms with Crippen LogP contribution in [0.2, 0.25) is 0 Å². The molecule has 2 amide bonds. The van der Waals surface area contributed by atoms with Crippen LogP contribution in [-0.4, -0.2) is 82.8 Å². The van der Waals surface area contributed by atoms with E-state index in [0.29, 0.717) is 72.8 Å². The second-order valence-corrected chi connectivity index (χ2v) is 17.9. The van der Waals surface area contributed by atoms with Gasteiger partial charge in [0.05, 0.1) is 8.96 Å². The largest absolute Gasteiger partial charge is 0.444 e. The van der Waals surface area contributed by atoms with Crippen molar-refractivity contribution >= 4 is 61.3 Å². The minimum Gasteiger partial charge on any atom is -0.444 e. The Balaban J connectivity index is 0.000000354. The predicted molar refractivity (Wildman–Crippen MR) is 236 cm³/mol. The summed E-state index contributed by atoms with van der Waals surface area (Å²) in [5.41, 5.74) is 3.46. The molecule has 0 radical (unpaired) electrons. The molecular weight excluding hydrogens is 874 g/mol. The van der Waals surface area contributed by atoms with Crippen LogP contribution in [0.3, 0.4) is 0 Å². The third-order valence-electron chi connectivity index (χ3n) is 7.98. The number of carbonyl (C=O) groups is 2. The molecule has 2 aromatic rings. The van der Waals surface area contributed by atoms with Crippen molar-refractivity contribution in [2.75, 3.05) is 39.4 Å². The van der Waals surface area contributed by atoms with Gasteiger partial charge in [0.15, 0.2) is 0 Å². The Bertz CT molecular complexity index is 1960. The third kappa shape index (κ3) is 19.4. The van der Waals surface area contributed by atoms with Crippen LogP contribution in [0, 0.1) is 47.7 Å². The Morgan fingerprint density at radius 3 is 1.69 bits per heavy atom. The van der Waals surface area contributed by atoms with Crippen LogP contribution >= 0.6 is 31.9 Å². The number of carbonyl (C=O) groups excluding carboxylic acids is 2. The van der Waals surface area contributed by atoms with Crippen molar-refractivity contribution in [2.24, 2.45) is 0 Å². The van der Waals surface area contributed by atoms with Crippen molar-refractivity contribution in [1.82, 2.24) is 9.80 Å². The molecule has 0 saturated heterocycles. The summed E-state index contributed by atoms with van der Waals surface area (Å²) in [4.78, 5) is 27.5. The molecule has 58 heavy (non-hydrogen) atoms. The molecule has 2 aromatic carbocycles. The Kier molecular flexibility index (Phi) is 21.6. The van der Waals surface area contributed by atoms with Gasteiger partial charge in [0.2, 0.25) is 0 Å². The number of nitrogens with zero attached hydrogens (tertiary/aromatic N) is 2. The standard InChI is InChI=1S/C23H26FNO3.C18H20Br2FNO2.C5H8O/c1-23(2,3)28-22(27)25-14-12-18(13-15-25)20-11-10-19(21(24)17-20)9-7-5-4-6-8-16-26;1-18(2,3)24-17(23)22-8-6-12(7-9-22)13-4-5-14(11-16(19)20)15(21)10-13;1-2-3-4-5-6/h10-12,17,26H,6,8,13-16H2,1-3H3;4-6,10-11H,7-9H2,1-3H3;1,6H,3-5H2. The number of aliphatic hydroxyl groups excluding tert-OH is 2. The molecule has 2 aliphatic heterocycles. The van der Waals surface area contributed by atoms with Gasteiger partial charge in [0.1, 0.15) is 22.8 Å². The highest BCUT2D eigenvalue weighted by molar-refractivity contribution is 9.28. The number of aliphatic hydroxyl groups is 2. The molecule has 0 unspecified atom stereocenters. The highest BCUT2D eigenvalue weighted by Crippen LogP contribution is 2.28. The van der Waals surface area contributed by atoms with Gasteiger partial charge in [0.25, 0.3) is 0 Å². The minimum atomic E-state index is -0.524. The van der Waals surface area contributed by atoms with Crippen LogP contribution in [0.25, 0.3) is 17.2 Å². The SMILES string of the molecule is C#CCCCO.CC(C)(C)OC(=O)N1CC=C(c2ccc(C#CC#CCCCO)c(F)c2)CC1.CC(C)(C)OC(=O)N1CC=C(c2ccc(C=C(Br)Br)c(F)c2)CC1. The van der Waals surface area contributed by atoms with E-state index in [1.54, 1.807) is 28.0 Å². The van der Waals surface area contributed by atoms with E-state index in [4.69, 9.17) is 26.1 Å². The van der Waals surface area contributed by atoms with Crippen LogP contribution in [-0.2, 0) is 9.47 Å². The van der Waals surface area contributed by atoms with Gasteiger partial charge in [-0.05, 0) is 163 Å². The molecule has 0 bridgehead atoms. The lowest BCUT2D eigenvalue weighted by Gasteiger charge is -2.29. The zero-order valence-electron chi connectivity index (χ0n) is 34.2. The number of hydrogen-bond donors (Lipinski definition) is 2. The van der Waals surface area contributed by atoms with Crippen LogP contribution in [0.1, 0.15) is 102 Å². The topological polar surface area (TPSA) is 99.5 Å². The summed E-state index contributed by atoms with van der Waals surface area (Å²) in [5, 5.41) is 16.8. The first kappa shape index (κ1) is 49.8. The summed E-state index contributed by atoms with van der Waals surface area (Å²) in [6.45, 7) is 13.4. The summed E-state index contributed by atoms with van der Waals surface area (Å²) in [6.07, 6.45) is 13.7. The van der Waals surface area contributed by atoms with Gasteiger partial charge in [-0.3, -0.25) is 0 Å². The van der Waals surface area contributed by atoms with Crippen molar-refractivity contribution in [3.8, 4) is 36.0 Å². The number of benzene rings is 2. The van der Waals surface area contributed by atoms with Crippen molar-refractivity contribution in [2.45, 2.75) is 91.3 Å². The Morgan fingerprint density at radius 1 is 0.793 bits per heavy atom. The van der Waals surface area contributed by atoms with E-state index in [-0.39, 0.29) is 31.2 Å². The van der Waals surface area contributed by atoms with E-state index in [2.05, 4.69) is 61.5 Å². The fraction of sp³-hybridized carbons (Fsp3) is 0.435. The normalized spacial score (nSPS) is 13.5. The number of ether oxygens (including phenoxy) is 2. The molecule has 0 saturated carbocycles. The summed E-state index contributed by atoms with van der Waals surface area (Å²) < 4.78 is 39.9. The molecule has 0 aliphatic carbocycles. The second-order valence-electron chi connectivity index (χ2n) is 15.1. The first-order valence-corrected chi connectivity index (χ1v) is 20.6. The molecule has 8 nitrogen and oxygen atoms in total. The molecule has 2 N–H and O–H groups in total.